The smallest absolute Gasteiger partial charge is 0.240 e. The van der Waals surface area contributed by atoms with Crippen molar-refractivity contribution < 1.29 is 4.79 Å². The van der Waals surface area contributed by atoms with Crippen LogP contribution in [0, 0.1) is 0 Å². The number of hydrogen-bond acceptors (Lipinski definition) is 1. The average Bonchev–Trinajstić information content (AvgIpc) is 1.89. The van der Waals surface area contributed by atoms with E-state index in [9.17, 15) is 4.79 Å². The Morgan fingerprint density at radius 2 is 2.30 bits per heavy atom. The average molecular weight is 139 g/mol. The fourth-order valence-electron chi connectivity index (χ4n) is 0.469. The molecular formula is C7H11N2O. The van der Waals surface area contributed by atoms with Crippen LogP contribution in [-0.4, -0.2) is 18.5 Å². The lowest BCUT2D eigenvalue weighted by Gasteiger charge is -2.04. The largest absolute Gasteiger partial charge is 0.368 e. The SMILES string of the molecule is C=CC[N]C(C=C)C(N)=O. The molecular weight excluding hydrogens is 128 g/mol. The van der Waals surface area contributed by atoms with E-state index in [4.69, 9.17) is 5.73 Å². The number of primary amides is 1. The first-order valence-corrected chi connectivity index (χ1v) is 2.91. The predicted octanol–water partition coefficient (Wildman–Crippen LogP) is -0.183. The van der Waals surface area contributed by atoms with Crippen molar-refractivity contribution in [3.05, 3.63) is 25.3 Å². The maximum absolute atomic E-state index is 10.5. The molecule has 1 amide bonds. The van der Waals surface area contributed by atoms with E-state index in [1.165, 1.54) is 6.08 Å². The van der Waals surface area contributed by atoms with Gasteiger partial charge in [0.2, 0.25) is 5.91 Å². The Hall–Kier alpha value is -1.09. The van der Waals surface area contributed by atoms with E-state index >= 15 is 0 Å². The second-order valence-electron chi connectivity index (χ2n) is 1.74. The molecule has 0 aliphatic carbocycles. The second kappa shape index (κ2) is 4.76. The lowest BCUT2D eigenvalue weighted by molar-refractivity contribution is -0.118. The lowest BCUT2D eigenvalue weighted by atomic mass is 10.3. The molecule has 0 aromatic heterocycles. The molecule has 0 fully saturated rings. The van der Waals surface area contributed by atoms with Gasteiger partial charge in [0.15, 0.2) is 0 Å². The van der Waals surface area contributed by atoms with Crippen molar-refractivity contribution in [3.63, 3.8) is 0 Å². The molecule has 0 spiro atoms. The molecule has 0 aromatic rings. The van der Waals surface area contributed by atoms with Gasteiger partial charge in [-0.15, -0.1) is 13.2 Å². The number of nitrogens with two attached hydrogens (primary N) is 1. The highest BCUT2D eigenvalue weighted by Gasteiger charge is 2.08. The monoisotopic (exact) mass is 139 g/mol. The zero-order valence-electron chi connectivity index (χ0n) is 5.79. The van der Waals surface area contributed by atoms with Gasteiger partial charge < -0.3 is 5.73 Å². The van der Waals surface area contributed by atoms with Crippen LogP contribution in [0.25, 0.3) is 0 Å². The van der Waals surface area contributed by atoms with Crippen molar-refractivity contribution in [3.8, 4) is 0 Å². The van der Waals surface area contributed by atoms with Crippen LogP contribution in [0.2, 0.25) is 0 Å². The standard InChI is InChI=1S/C7H11N2O/c1-3-5-9-6(4-2)7(8)10/h3-4,6H,1-2,5H2,(H2,8,10). The minimum Gasteiger partial charge on any atom is -0.368 e. The maximum Gasteiger partial charge on any atom is 0.240 e. The van der Waals surface area contributed by atoms with Crippen molar-refractivity contribution in [2.24, 2.45) is 5.73 Å². The summed E-state index contributed by atoms with van der Waals surface area (Å²) in [4.78, 5) is 10.5. The zero-order chi connectivity index (χ0) is 7.98. The van der Waals surface area contributed by atoms with E-state index in [2.05, 4.69) is 18.5 Å². The lowest BCUT2D eigenvalue weighted by Crippen LogP contribution is -2.34. The maximum atomic E-state index is 10.5. The molecule has 10 heavy (non-hydrogen) atoms. The van der Waals surface area contributed by atoms with Crippen LogP contribution < -0.4 is 11.1 Å². The van der Waals surface area contributed by atoms with Gasteiger partial charge in [0.1, 0.15) is 6.04 Å². The van der Waals surface area contributed by atoms with Crippen LogP contribution in [0.15, 0.2) is 25.3 Å². The van der Waals surface area contributed by atoms with Gasteiger partial charge in [-0.1, -0.05) is 12.2 Å². The molecule has 0 aliphatic rings. The first-order valence-electron chi connectivity index (χ1n) is 2.91. The van der Waals surface area contributed by atoms with Crippen LogP contribution in [0.5, 0.6) is 0 Å². The van der Waals surface area contributed by atoms with E-state index < -0.39 is 11.9 Å². The van der Waals surface area contributed by atoms with Crippen molar-refractivity contribution in [1.82, 2.24) is 5.32 Å². The minimum absolute atomic E-state index is 0.430. The van der Waals surface area contributed by atoms with Crippen molar-refractivity contribution >= 4 is 5.91 Å². The van der Waals surface area contributed by atoms with Crippen LogP contribution in [0.3, 0.4) is 0 Å². The first-order chi connectivity index (χ1) is 4.72. The third-order valence-electron chi connectivity index (χ3n) is 0.946. The summed E-state index contributed by atoms with van der Waals surface area (Å²) in [5.74, 6) is -0.475. The Bertz CT molecular complexity index is 143. The van der Waals surface area contributed by atoms with E-state index in [0.717, 1.165) is 0 Å². The summed E-state index contributed by atoms with van der Waals surface area (Å²) >= 11 is 0. The summed E-state index contributed by atoms with van der Waals surface area (Å²) in [7, 11) is 0. The fourth-order valence-corrected chi connectivity index (χ4v) is 0.469. The molecule has 0 saturated carbocycles. The summed E-state index contributed by atoms with van der Waals surface area (Å²) in [6, 6.07) is -0.571. The highest BCUT2D eigenvalue weighted by Crippen LogP contribution is 1.84. The quantitative estimate of drug-likeness (QED) is 0.527. The van der Waals surface area contributed by atoms with Crippen LogP contribution in [-0.2, 0) is 4.79 Å². The third-order valence-corrected chi connectivity index (χ3v) is 0.946. The second-order valence-corrected chi connectivity index (χ2v) is 1.74. The van der Waals surface area contributed by atoms with Crippen molar-refractivity contribution in [2.75, 3.05) is 6.54 Å². The number of rotatable bonds is 5. The first kappa shape index (κ1) is 8.91. The van der Waals surface area contributed by atoms with E-state index in [-0.39, 0.29) is 0 Å². The van der Waals surface area contributed by atoms with E-state index in [1.807, 2.05) is 0 Å². The van der Waals surface area contributed by atoms with Gasteiger partial charge in [0.05, 0.1) is 0 Å². The van der Waals surface area contributed by atoms with Crippen molar-refractivity contribution in [2.45, 2.75) is 6.04 Å². The van der Waals surface area contributed by atoms with Gasteiger partial charge in [-0.05, 0) is 0 Å². The molecule has 1 unspecified atom stereocenters. The minimum atomic E-state index is -0.571. The number of nitrogens with zero attached hydrogens (tertiary/aromatic N) is 1. The number of amides is 1. The predicted molar refractivity (Wildman–Crippen MR) is 40.4 cm³/mol. The highest BCUT2D eigenvalue weighted by atomic mass is 16.1. The Labute approximate surface area is 60.6 Å². The molecule has 0 bridgehead atoms. The number of carbonyl (C=O) groups excluding carboxylic acids is 1. The van der Waals surface area contributed by atoms with Gasteiger partial charge >= 0.3 is 0 Å². The molecule has 2 N–H and O–H groups in total. The molecule has 0 heterocycles. The van der Waals surface area contributed by atoms with Gasteiger partial charge in [-0.25, -0.2) is 5.32 Å². The fraction of sp³-hybridized carbons (Fsp3) is 0.286. The van der Waals surface area contributed by atoms with Crippen LogP contribution in [0.1, 0.15) is 0 Å². The Morgan fingerprint density at radius 3 is 2.60 bits per heavy atom. The Kier molecular flexibility index (Phi) is 4.24. The summed E-state index contributed by atoms with van der Waals surface area (Å²) in [5, 5.41) is 3.85. The molecule has 3 heteroatoms. The highest BCUT2D eigenvalue weighted by molar-refractivity contribution is 5.81. The summed E-state index contributed by atoms with van der Waals surface area (Å²) < 4.78 is 0. The van der Waals surface area contributed by atoms with Gasteiger partial charge in [0, 0.05) is 6.54 Å². The van der Waals surface area contributed by atoms with Crippen LogP contribution in [0.4, 0.5) is 0 Å². The third kappa shape index (κ3) is 3.04. The topological polar surface area (TPSA) is 57.2 Å². The molecule has 0 saturated heterocycles. The normalized spacial score (nSPS) is 12.0. The number of carbonyl (C=O) groups is 1. The Balaban J connectivity index is 3.71. The Morgan fingerprint density at radius 1 is 1.70 bits per heavy atom. The van der Waals surface area contributed by atoms with Crippen molar-refractivity contribution in [1.29, 1.82) is 0 Å². The number of hydrogen-bond donors (Lipinski definition) is 1. The summed E-state index contributed by atoms with van der Waals surface area (Å²) in [6.07, 6.45) is 3.01. The molecule has 0 rings (SSSR count). The molecule has 55 valence electrons. The van der Waals surface area contributed by atoms with Crippen LogP contribution >= 0.6 is 0 Å². The molecule has 1 radical (unpaired) electrons. The van der Waals surface area contributed by atoms with Gasteiger partial charge in [-0.3, -0.25) is 4.79 Å². The van der Waals surface area contributed by atoms with E-state index in [0.29, 0.717) is 6.54 Å². The van der Waals surface area contributed by atoms with E-state index in [1.54, 1.807) is 6.08 Å². The van der Waals surface area contributed by atoms with Gasteiger partial charge in [-0.2, -0.15) is 0 Å². The molecule has 1 atom stereocenters. The van der Waals surface area contributed by atoms with Gasteiger partial charge in [0.25, 0.3) is 0 Å². The molecule has 0 aliphatic heterocycles. The summed E-state index contributed by atoms with van der Waals surface area (Å²) in [5.41, 5.74) is 4.95. The molecule has 0 aromatic carbocycles. The summed E-state index contributed by atoms with van der Waals surface area (Å²) in [6.45, 7) is 7.28. The molecule has 3 nitrogen and oxygen atoms in total. The zero-order valence-corrected chi connectivity index (χ0v) is 5.79.